The van der Waals surface area contributed by atoms with Gasteiger partial charge in [-0.05, 0) is 54.8 Å². The molecule has 3 rings (SSSR count). The summed E-state index contributed by atoms with van der Waals surface area (Å²) in [6.45, 7) is 3.17. The molecular formula is C28H33N3O5S. The summed E-state index contributed by atoms with van der Waals surface area (Å²) >= 11 is 0. The molecule has 0 heterocycles. The molecule has 3 aromatic rings. The Balaban J connectivity index is 2.06. The van der Waals surface area contributed by atoms with Crippen molar-refractivity contribution in [1.82, 2.24) is 10.2 Å². The van der Waals surface area contributed by atoms with E-state index in [4.69, 9.17) is 4.74 Å². The van der Waals surface area contributed by atoms with E-state index < -0.39 is 28.5 Å². The summed E-state index contributed by atoms with van der Waals surface area (Å²) in [5.41, 5.74) is 1.96. The van der Waals surface area contributed by atoms with Gasteiger partial charge in [0.05, 0.1) is 17.7 Å². The fraction of sp³-hybridized carbons (Fsp3) is 0.286. The van der Waals surface area contributed by atoms with E-state index in [1.807, 2.05) is 25.1 Å². The second kappa shape index (κ2) is 12.4. The number of sulfonamides is 1. The van der Waals surface area contributed by atoms with Gasteiger partial charge in [0.1, 0.15) is 18.3 Å². The van der Waals surface area contributed by atoms with Crippen molar-refractivity contribution in [3.05, 3.63) is 90.0 Å². The largest absolute Gasteiger partial charge is 0.497 e. The SMILES string of the molecule is CCc1ccccc1N(CC(=O)N(Cc1cccc(OC)c1)[C@H](C)C(=O)NC)S(=O)(=O)c1ccccc1. The standard InChI is InChI=1S/C28H33N3O5S/c1-5-23-13-9-10-17-26(23)31(37(34,35)25-15-7-6-8-16-25)20-27(32)30(21(2)28(33)29-3)19-22-12-11-14-24(18-22)36-4/h6-18,21H,5,19-20H2,1-4H3,(H,29,33)/t21-/m1/s1. The molecule has 1 atom stereocenters. The number of carbonyl (C=O) groups is 2. The average molecular weight is 524 g/mol. The first-order chi connectivity index (χ1) is 17.7. The van der Waals surface area contributed by atoms with Gasteiger partial charge in [0.15, 0.2) is 0 Å². The molecule has 3 aromatic carbocycles. The second-order valence-electron chi connectivity index (χ2n) is 8.47. The van der Waals surface area contributed by atoms with E-state index in [9.17, 15) is 18.0 Å². The van der Waals surface area contributed by atoms with Crippen molar-refractivity contribution in [2.45, 2.75) is 37.8 Å². The van der Waals surface area contributed by atoms with E-state index in [0.717, 1.165) is 15.4 Å². The fourth-order valence-corrected chi connectivity index (χ4v) is 5.52. The summed E-state index contributed by atoms with van der Waals surface area (Å²) in [4.78, 5) is 27.9. The second-order valence-corrected chi connectivity index (χ2v) is 10.3. The lowest BCUT2D eigenvalue weighted by Crippen LogP contribution is -2.50. The molecule has 0 saturated heterocycles. The van der Waals surface area contributed by atoms with Crippen molar-refractivity contribution in [3.8, 4) is 5.75 Å². The Kier molecular flexibility index (Phi) is 9.30. The molecule has 0 saturated carbocycles. The van der Waals surface area contributed by atoms with Crippen LogP contribution in [0.5, 0.6) is 5.75 Å². The van der Waals surface area contributed by atoms with Crippen LogP contribution in [-0.4, -0.2) is 51.9 Å². The van der Waals surface area contributed by atoms with Gasteiger partial charge in [-0.1, -0.05) is 55.5 Å². The fourth-order valence-electron chi connectivity index (χ4n) is 4.05. The monoisotopic (exact) mass is 523 g/mol. The number of aryl methyl sites for hydroxylation is 1. The number of amides is 2. The van der Waals surface area contributed by atoms with Gasteiger partial charge in [-0.25, -0.2) is 8.42 Å². The van der Waals surface area contributed by atoms with Gasteiger partial charge in [-0.2, -0.15) is 0 Å². The highest BCUT2D eigenvalue weighted by Crippen LogP contribution is 2.28. The van der Waals surface area contributed by atoms with Crippen LogP contribution in [0.25, 0.3) is 0 Å². The van der Waals surface area contributed by atoms with Crippen molar-refractivity contribution < 1.29 is 22.7 Å². The number of hydrogen-bond donors (Lipinski definition) is 1. The lowest BCUT2D eigenvalue weighted by atomic mass is 10.1. The summed E-state index contributed by atoms with van der Waals surface area (Å²) in [6, 6.07) is 21.5. The Bertz CT molecular complexity index is 1330. The van der Waals surface area contributed by atoms with Crippen molar-refractivity contribution in [2.75, 3.05) is 25.0 Å². The average Bonchev–Trinajstić information content (AvgIpc) is 2.94. The summed E-state index contributed by atoms with van der Waals surface area (Å²) in [5, 5.41) is 2.58. The quantitative estimate of drug-likeness (QED) is 0.414. The molecule has 9 heteroatoms. The third-order valence-electron chi connectivity index (χ3n) is 6.15. The first-order valence-corrected chi connectivity index (χ1v) is 13.5. The molecule has 0 fully saturated rings. The molecule has 37 heavy (non-hydrogen) atoms. The highest BCUT2D eigenvalue weighted by molar-refractivity contribution is 7.92. The lowest BCUT2D eigenvalue weighted by molar-refractivity contribution is -0.139. The Hall–Kier alpha value is -3.85. The number of carbonyl (C=O) groups excluding carboxylic acids is 2. The maximum absolute atomic E-state index is 13.8. The number of anilines is 1. The summed E-state index contributed by atoms with van der Waals surface area (Å²) < 4.78 is 34.1. The molecule has 0 aliphatic carbocycles. The smallest absolute Gasteiger partial charge is 0.264 e. The van der Waals surface area contributed by atoms with E-state index in [0.29, 0.717) is 17.9 Å². The van der Waals surface area contributed by atoms with Crippen LogP contribution >= 0.6 is 0 Å². The third-order valence-corrected chi connectivity index (χ3v) is 7.93. The molecule has 0 radical (unpaired) electrons. The van der Waals surface area contributed by atoms with Gasteiger partial charge in [0, 0.05) is 13.6 Å². The molecule has 8 nitrogen and oxygen atoms in total. The zero-order chi connectivity index (χ0) is 27.0. The van der Waals surface area contributed by atoms with Crippen LogP contribution in [0.1, 0.15) is 25.0 Å². The highest BCUT2D eigenvalue weighted by atomic mass is 32.2. The minimum atomic E-state index is -4.09. The van der Waals surface area contributed by atoms with Crippen LogP contribution in [-0.2, 0) is 32.6 Å². The Morgan fingerprint density at radius 3 is 2.30 bits per heavy atom. The number of benzene rings is 3. The third kappa shape index (κ3) is 6.48. The number of nitrogens with zero attached hydrogens (tertiary/aromatic N) is 2. The van der Waals surface area contributed by atoms with E-state index in [1.54, 1.807) is 62.6 Å². The minimum Gasteiger partial charge on any atom is -0.497 e. The normalized spacial score (nSPS) is 11.9. The number of likely N-dealkylation sites (N-methyl/N-ethyl adjacent to an activating group) is 1. The number of hydrogen-bond acceptors (Lipinski definition) is 5. The van der Waals surface area contributed by atoms with Gasteiger partial charge in [-0.3, -0.25) is 13.9 Å². The zero-order valence-electron chi connectivity index (χ0n) is 21.5. The predicted molar refractivity (Wildman–Crippen MR) is 144 cm³/mol. The highest BCUT2D eigenvalue weighted by Gasteiger charge is 2.33. The van der Waals surface area contributed by atoms with E-state index >= 15 is 0 Å². The van der Waals surface area contributed by atoms with Crippen LogP contribution in [0.15, 0.2) is 83.8 Å². The van der Waals surface area contributed by atoms with Crippen molar-refractivity contribution >= 4 is 27.5 Å². The summed E-state index contributed by atoms with van der Waals surface area (Å²) in [6.07, 6.45) is 0.577. The lowest BCUT2D eigenvalue weighted by Gasteiger charge is -2.32. The molecule has 196 valence electrons. The van der Waals surface area contributed by atoms with Crippen molar-refractivity contribution in [1.29, 1.82) is 0 Å². The number of rotatable bonds is 11. The Morgan fingerprint density at radius 2 is 1.65 bits per heavy atom. The molecule has 0 aliphatic heterocycles. The van der Waals surface area contributed by atoms with Gasteiger partial charge >= 0.3 is 0 Å². The van der Waals surface area contributed by atoms with Crippen LogP contribution in [0.2, 0.25) is 0 Å². The van der Waals surface area contributed by atoms with Crippen molar-refractivity contribution in [3.63, 3.8) is 0 Å². The first-order valence-electron chi connectivity index (χ1n) is 12.0. The molecule has 0 bridgehead atoms. The van der Waals surface area contributed by atoms with Crippen LogP contribution in [0.4, 0.5) is 5.69 Å². The zero-order valence-corrected chi connectivity index (χ0v) is 22.4. The number of nitrogens with one attached hydrogen (secondary N) is 1. The number of methoxy groups -OCH3 is 1. The van der Waals surface area contributed by atoms with E-state index in [-0.39, 0.29) is 17.3 Å². The van der Waals surface area contributed by atoms with E-state index in [1.165, 1.54) is 24.1 Å². The van der Waals surface area contributed by atoms with Crippen LogP contribution in [0, 0.1) is 0 Å². The van der Waals surface area contributed by atoms with Gasteiger partial charge in [0.25, 0.3) is 10.0 Å². The predicted octanol–water partition coefficient (Wildman–Crippen LogP) is 3.62. The molecule has 1 N–H and O–H groups in total. The minimum absolute atomic E-state index is 0.0763. The Morgan fingerprint density at radius 1 is 0.973 bits per heavy atom. The first kappa shape index (κ1) is 27.7. The van der Waals surface area contributed by atoms with Crippen molar-refractivity contribution in [2.24, 2.45) is 0 Å². The number of ether oxygens (including phenoxy) is 1. The summed E-state index contributed by atoms with van der Waals surface area (Å²) in [7, 11) is -1.04. The topological polar surface area (TPSA) is 96.0 Å². The van der Waals surface area contributed by atoms with Crippen LogP contribution in [0.3, 0.4) is 0 Å². The van der Waals surface area contributed by atoms with Gasteiger partial charge < -0.3 is 15.0 Å². The van der Waals surface area contributed by atoms with E-state index in [2.05, 4.69) is 5.32 Å². The molecular weight excluding hydrogens is 490 g/mol. The van der Waals surface area contributed by atoms with Gasteiger partial charge in [0.2, 0.25) is 11.8 Å². The maximum Gasteiger partial charge on any atom is 0.264 e. The maximum atomic E-state index is 13.8. The molecule has 0 aromatic heterocycles. The molecule has 2 amide bonds. The molecule has 0 unspecified atom stereocenters. The summed E-state index contributed by atoms with van der Waals surface area (Å²) in [5.74, 6) is -0.255. The van der Waals surface area contributed by atoms with Crippen LogP contribution < -0.4 is 14.4 Å². The Labute approximate surface area is 218 Å². The molecule has 0 aliphatic rings. The molecule has 0 spiro atoms. The van der Waals surface area contributed by atoms with Gasteiger partial charge in [-0.15, -0.1) is 0 Å². The number of para-hydroxylation sites is 1.